The summed E-state index contributed by atoms with van der Waals surface area (Å²) >= 11 is 0. The Labute approximate surface area is 170 Å². The van der Waals surface area contributed by atoms with E-state index in [2.05, 4.69) is 39.7 Å². The number of hydrogen-bond donors (Lipinski definition) is 2. The lowest BCUT2D eigenvalue weighted by Gasteiger charge is -2.13. The van der Waals surface area contributed by atoms with E-state index in [-0.39, 0.29) is 11.6 Å². The van der Waals surface area contributed by atoms with Gasteiger partial charge in [-0.2, -0.15) is 0 Å². The molecule has 29 heavy (non-hydrogen) atoms. The van der Waals surface area contributed by atoms with Gasteiger partial charge in [0.2, 0.25) is 0 Å². The normalized spacial score (nSPS) is 10.4. The molecule has 0 saturated heterocycles. The van der Waals surface area contributed by atoms with Crippen molar-refractivity contribution in [3.8, 4) is 11.5 Å². The monoisotopic (exact) mass is 392 g/mol. The number of aromatic nitrogens is 2. The third-order valence-electron chi connectivity index (χ3n) is 4.46. The standard InChI is InChI=1S/C22H24N4O3/c1-13-8-14(2)21(15(3)9-13)26-20-12-23-17(11-24-20)22(27)25-16-6-7-18(28-4)19(10-16)29-5/h6-12H,1-5H3,(H,24,26)(H,25,27). The summed E-state index contributed by atoms with van der Waals surface area (Å²) in [6.45, 7) is 6.15. The third kappa shape index (κ3) is 4.63. The van der Waals surface area contributed by atoms with Crippen LogP contribution in [0.1, 0.15) is 27.2 Å². The molecule has 7 nitrogen and oxygen atoms in total. The number of anilines is 3. The maximum absolute atomic E-state index is 12.5. The fourth-order valence-corrected chi connectivity index (χ4v) is 3.12. The molecule has 1 amide bonds. The topological polar surface area (TPSA) is 85.4 Å². The summed E-state index contributed by atoms with van der Waals surface area (Å²) in [6, 6.07) is 9.34. The van der Waals surface area contributed by atoms with Crippen molar-refractivity contribution in [1.29, 1.82) is 0 Å². The lowest BCUT2D eigenvalue weighted by atomic mass is 10.1. The van der Waals surface area contributed by atoms with Gasteiger partial charge in [0.05, 0.1) is 26.6 Å². The predicted octanol–water partition coefficient (Wildman–Crippen LogP) is 4.41. The Morgan fingerprint density at radius 2 is 1.59 bits per heavy atom. The smallest absolute Gasteiger partial charge is 0.275 e. The van der Waals surface area contributed by atoms with Crippen molar-refractivity contribution >= 4 is 23.1 Å². The molecule has 0 unspecified atom stereocenters. The Bertz CT molecular complexity index is 1010. The molecule has 7 heteroatoms. The molecule has 0 aliphatic heterocycles. The average Bonchev–Trinajstić information content (AvgIpc) is 2.71. The van der Waals surface area contributed by atoms with Gasteiger partial charge in [-0.3, -0.25) is 4.79 Å². The third-order valence-corrected chi connectivity index (χ3v) is 4.46. The molecular formula is C22H24N4O3. The molecule has 0 fully saturated rings. The molecule has 0 bridgehead atoms. The van der Waals surface area contributed by atoms with Crippen molar-refractivity contribution in [3.05, 3.63) is 65.1 Å². The van der Waals surface area contributed by atoms with Crippen molar-refractivity contribution in [1.82, 2.24) is 9.97 Å². The number of hydrogen-bond acceptors (Lipinski definition) is 6. The van der Waals surface area contributed by atoms with Crippen LogP contribution < -0.4 is 20.1 Å². The lowest BCUT2D eigenvalue weighted by molar-refractivity contribution is 0.102. The van der Waals surface area contributed by atoms with Crippen LogP contribution in [0.5, 0.6) is 11.5 Å². The van der Waals surface area contributed by atoms with Crippen LogP contribution >= 0.6 is 0 Å². The van der Waals surface area contributed by atoms with Gasteiger partial charge in [0.25, 0.3) is 5.91 Å². The van der Waals surface area contributed by atoms with E-state index in [9.17, 15) is 4.79 Å². The molecule has 2 aromatic carbocycles. The Balaban J connectivity index is 1.72. The number of nitrogens with zero attached hydrogens (tertiary/aromatic N) is 2. The van der Waals surface area contributed by atoms with Crippen LogP contribution in [-0.4, -0.2) is 30.1 Å². The van der Waals surface area contributed by atoms with E-state index in [4.69, 9.17) is 9.47 Å². The summed E-state index contributed by atoms with van der Waals surface area (Å²) in [4.78, 5) is 21.0. The molecule has 0 atom stereocenters. The zero-order chi connectivity index (χ0) is 21.0. The number of nitrogens with one attached hydrogen (secondary N) is 2. The highest BCUT2D eigenvalue weighted by atomic mass is 16.5. The average molecular weight is 392 g/mol. The van der Waals surface area contributed by atoms with Crippen LogP contribution in [0.25, 0.3) is 0 Å². The van der Waals surface area contributed by atoms with Gasteiger partial charge in [-0.05, 0) is 44.0 Å². The zero-order valence-electron chi connectivity index (χ0n) is 17.2. The Morgan fingerprint density at radius 3 is 2.17 bits per heavy atom. The quantitative estimate of drug-likeness (QED) is 0.646. The van der Waals surface area contributed by atoms with Crippen molar-refractivity contribution in [2.24, 2.45) is 0 Å². The number of amides is 1. The SMILES string of the molecule is COc1ccc(NC(=O)c2cnc(Nc3c(C)cc(C)cc3C)cn2)cc1OC. The molecule has 0 radical (unpaired) electrons. The van der Waals surface area contributed by atoms with E-state index in [1.165, 1.54) is 18.9 Å². The maximum Gasteiger partial charge on any atom is 0.275 e. The van der Waals surface area contributed by atoms with Crippen LogP contribution in [-0.2, 0) is 0 Å². The Kier molecular flexibility index (Phi) is 5.97. The van der Waals surface area contributed by atoms with E-state index in [0.717, 1.165) is 16.8 Å². The Morgan fingerprint density at radius 1 is 0.897 bits per heavy atom. The number of aryl methyl sites for hydroxylation is 3. The first kappa shape index (κ1) is 20.1. The second kappa shape index (κ2) is 8.60. The van der Waals surface area contributed by atoms with Gasteiger partial charge in [0, 0.05) is 17.4 Å². The zero-order valence-corrected chi connectivity index (χ0v) is 17.2. The van der Waals surface area contributed by atoms with Gasteiger partial charge in [-0.1, -0.05) is 17.7 Å². The van der Waals surface area contributed by atoms with Crippen molar-refractivity contribution in [2.75, 3.05) is 24.9 Å². The van der Waals surface area contributed by atoms with Gasteiger partial charge in [0.1, 0.15) is 11.5 Å². The number of carbonyl (C=O) groups excluding carboxylic acids is 1. The number of ether oxygens (including phenoxy) is 2. The van der Waals surface area contributed by atoms with Crippen LogP contribution in [0.15, 0.2) is 42.7 Å². The lowest BCUT2D eigenvalue weighted by Crippen LogP contribution is -2.14. The molecule has 0 aliphatic rings. The first-order valence-corrected chi connectivity index (χ1v) is 9.11. The van der Waals surface area contributed by atoms with Gasteiger partial charge in [-0.25, -0.2) is 9.97 Å². The van der Waals surface area contributed by atoms with Crippen LogP contribution in [0.3, 0.4) is 0 Å². The largest absolute Gasteiger partial charge is 0.493 e. The summed E-state index contributed by atoms with van der Waals surface area (Å²) in [6.07, 6.45) is 2.99. The molecule has 0 aliphatic carbocycles. The first-order chi connectivity index (χ1) is 13.9. The highest BCUT2D eigenvalue weighted by molar-refractivity contribution is 6.02. The van der Waals surface area contributed by atoms with Gasteiger partial charge in [-0.15, -0.1) is 0 Å². The summed E-state index contributed by atoms with van der Waals surface area (Å²) < 4.78 is 10.4. The van der Waals surface area contributed by atoms with Crippen LogP contribution in [0.4, 0.5) is 17.2 Å². The highest BCUT2D eigenvalue weighted by Gasteiger charge is 2.12. The number of methoxy groups -OCH3 is 2. The molecule has 150 valence electrons. The summed E-state index contributed by atoms with van der Waals surface area (Å²) in [5.74, 6) is 1.32. The van der Waals surface area contributed by atoms with E-state index in [1.54, 1.807) is 31.5 Å². The fourth-order valence-electron chi connectivity index (χ4n) is 3.12. The summed E-state index contributed by atoms with van der Waals surface area (Å²) in [7, 11) is 3.10. The minimum Gasteiger partial charge on any atom is -0.493 e. The van der Waals surface area contributed by atoms with E-state index in [1.807, 2.05) is 13.8 Å². The second-order valence-electron chi connectivity index (χ2n) is 6.71. The second-order valence-corrected chi connectivity index (χ2v) is 6.71. The summed E-state index contributed by atoms with van der Waals surface area (Å²) in [5, 5.41) is 6.06. The molecule has 0 saturated carbocycles. The van der Waals surface area contributed by atoms with Crippen LogP contribution in [0.2, 0.25) is 0 Å². The molecule has 0 spiro atoms. The van der Waals surface area contributed by atoms with E-state index >= 15 is 0 Å². The fraction of sp³-hybridized carbons (Fsp3) is 0.227. The first-order valence-electron chi connectivity index (χ1n) is 9.11. The van der Waals surface area contributed by atoms with Gasteiger partial charge < -0.3 is 20.1 Å². The van der Waals surface area contributed by atoms with E-state index in [0.29, 0.717) is 23.0 Å². The molecule has 3 rings (SSSR count). The predicted molar refractivity (Wildman–Crippen MR) is 113 cm³/mol. The molecule has 1 heterocycles. The molecule has 2 N–H and O–H groups in total. The Hall–Kier alpha value is -3.61. The van der Waals surface area contributed by atoms with Crippen molar-refractivity contribution in [2.45, 2.75) is 20.8 Å². The van der Waals surface area contributed by atoms with E-state index < -0.39 is 0 Å². The molecular weight excluding hydrogens is 368 g/mol. The number of rotatable bonds is 6. The van der Waals surface area contributed by atoms with Crippen molar-refractivity contribution < 1.29 is 14.3 Å². The molecule has 1 aromatic heterocycles. The minimum absolute atomic E-state index is 0.211. The number of benzene rings is 2. The van der Waals surface area contributed by atoms with Crippen LogP contribution in [0, 0.1) is 20.8 Å². The van der Waals surface area contributed by atoms with Crippen molar-refractivity contribution in [3.63, 3.8) is 0 Å². The maximum atomic E-state index is 12.5. The summed E-state index contributed by atoms with van der Waals surface area (Å²) in [5.41, 5.74) is 5.23. The van der Waals surface area contributed by atoms with Gasteiger partial charge >= 0.3 is 0 Å². The van der Waals surface area contributed by atoms with Gasteiger partial charge in [0.15, 0.2) is 11.5 Å². The number of carbonyl (C=O) groups is 1. The molecule has 3 aromatic rings. The minimum atomic E-state index is -0.362. The highest BCUT2D eigenvalue weighted by Crippen LogP contribution is 2.30.